The van der Waals surface area contributed by atoms with E-state index in [9.17, 15) is 9.59 Å². The highest BCUT2D eigenvalue weighted by Gasteiger charge is 2.19. The lowest BCUT2D eigenvalue weighted by molar-refractivity contribution is 0.0928. The molecular formula is C28H30N2O4. The Kier molecular flexibility index (Phi) is 8.17. The monoisotopic (exact) mass is 458 g/mol. The number of benzene rings is 3. The van der Waals surface area contributed by atoms with E-state index in [-0.39, 0.29) is 17.9 Å². The quantitative estimate of drug-likeness (QED) is 0.418. The molecule has 0 aliphatic heterocycles. The zero-order chi connectivity index (χ0) is 23.6. The lowest BCUT2D eigenvalue weighted by Crippen LogP contribution is -2.36. The largest absolute Gasteiger partial charge is 0.490 e. The number of hydrogen-bond donors (Lipinski definition) is 2. The highest BCUT2D eigenvalue weighted by atomic mass is 16.5. The summed E-state index contributed by atoms with van der Waals surface area (Å²) in [5.74, 6) is 1.02. The van der Waals surface area contributed by atoms with Gasteiger partial charge in [0.25, 0.3) is 11.8 Å². The zero-order valence-corrected chi connectivity index (χ0v) is 19.2. The van der Waals surface area contributed by atoms with Gasteiger partial charge in [0.2, 0.25) is 0 Å². The molecule has 2 amide bonds. The van der Waals surface area contributed by atoms with E-state index >= 15 is 0 Å². The first kappa shape index (κ1) is 23.4. The molecule has 6 heteroatoms. The summed E-state index contributed by atoms with van der Waals surface area (Å²) in [5, 5.41) is 5.99. The van der Waals surface area contributed by atoms with Gasteiger partial charge < -0.3 is 20.1 Å². The first-order chi connectivity index (χ1) is 16.7. The fourth-order valence-corrected chi connectivity index (χ4v) is 4.03. The molecule has 0 atom stereocenters. The van der Waals surface area contributed by atoms with Gasteiger partial charge in [-0.3, -0.25) is 9.59 Å². The summed E-state index contributed by atoms with van der Waals surface area (Å²) in [5.41, 5.74) is 1.45. The van der Waals surface area contributed by atoms with Crippen LogP contribution in [0.5, 0.6) is 11.5 Å². The predicted octanol–water partition coefficient (Wildman–Crippen LogP) is 5.46. The molecule has 2 N–H and O–H groups in total. The minimum absolute atomic E-state index is 0.149. The van der Waals surface area contributed by atoms with Crippen LogP contribution in [0.3, 0.4) is 0 Å². The summed E-state index contributed by atoms with van der Waals surface area (Å²) in [4.78, 5) is 25.6. The van der Waals surface area contributed by atoms with Crippen LogP contribution in [0.1, 0.15) is 52.8 Å². The Morgan fingerprint density at radius 3 is 2.03 bits per heavy atom. The third kappa shape index (κ3) is 6.61. The van der Waals surface area contributed by atoms with Gasteiger partial charge in [-0.05, 0) is 61.4 Å². The molecule has 176 valence electrons. The Labute approximate surface area is 200 Å². The van der Waals surface area contributed by atoms with Gasteiger partial charge in [0.1, 0.15) is 24.7 Å². The Balaban J connectivity index is 1.30. The van der Waals surface area contributed by atoms with Gasteiger partial charge in [0, 0.05) is 11.6 Å². The molecule has 6 nitrogen and oxygen atoms in total. The molecular weight excluding hydrogens is 428 g/mol. The molecule has 0 unspecified atom stereocenters. The van der Waals surface area contributed by atoms with Gasteiger partial charge in [0.15, 0.2) is 0 Å². The predicted molar refractivity (Wildman–Crippen MR) is 133 cm³/mol. The standard InChI is InChI=1S/C28H30N2O4/c31-27(21-15-17-24(18-16-21)34-20-19-33-23-11-5-2-6-12-23)30-26-14-8-7-13-25(26)28(32)29-22-9-3-1-4-10-22/h2,5-8,11-18,22H,1,3-4,9-10,19-20H2,(H,29,32)(H,30,31). The highest BCUT2D eigenvalue weighted by Crippen LogP contribution is 2.21. The summed E-state index contributed by atoms with van der Waals surface area (Å²) in [6.45, 7) is 0.815. The minimum atomic E-state index is -0.281. The molecule has 34 heavy (non-hydrogen) atoms. The number of rotatable bonds is 9. The normalized spacial score (nSPS) is 13.6. The maximum absolute atomic E-state index is 12.8. The summed E-state index contributed by atoms with van der Waals surface area (Å²) < 4.78 is 11.3. The second-order valence-electron chi connectivity index (χ2n) is 8.34. The van der Waals surface area contributed by atoms with Crippen molar-refractivity contribution in [3.63, 3.8) is 0 Å². The van der Waals surface area contributed by atoms with Gasteiger partial charge in [-0.15, -0.1) is 0 Å². The fraction of sp³-hybridized carbons (Fsp3) is 0.286. The average Bonchev–Trinajstić information content (AvgIpc) is 2.88. The number of ether oxygens (including phenoxy) is 2. The number of carbonyl (C=O) groups excluding carboxylic acids is 2. The van der Waals surface area contributed by atoms with Crippen molar-refractivity contribution in [3.05, 3.63) is 90.0 Å². The van der Waals surface area contributed by atoms with Crippen LogP contribution >= 0.6 is 0 Å². The number of carbonyl (C=O) groups is 2. The second-order valence-corrected chi connectivity index (χ2v) is 8.34. The smallest absolute Gasteiger partial charge is 0.255 e. The van der Waals surface area contributed by atoms with Crippen molar-refractivity contribution in [2.24, 2.45) is 0 Å². The van der Waals surface area contributed by atoms with E-state index in [0.717, 1.165) is 31.4 Å². The lowest BCUT2D eigenvalue weighted by Gasteiger charge is -2.23. The van der Waals surface area contributed by atoms with Gasteiger partial charge in [-0.2, -0.15) is 0 Å². The second kappa shape index (κ2) is 11.9. The number of hydrogen-bond acceptors (Lipinski definition) is 4. The molecule has 1 aliphatic rings. The Morgan fingerprint density at radius 1 is 0.706 bits per heavy atom. The molecule has 0 heterocycles. The first-order valence-corrected chi connectivity index (χ1v) is 11.8. The van der Waals surface area contributed by atoms with E-state index in [1.165, 1.54) is 6.42 Å². The number of amides is 2. The lowest BCUT2D eigenvalue weighted by atomic mass is 9.95. The molecule has 1 saturated carbocycles. The first-order valence-electron chi connectivity index (χ1n) is 11.8. The van der Waals surface area contributed by atoms with Crippen molar-refractivity contribution in [2.75, 3.05) is 18.5 Å². The van der Waals surface area contributed by atoms with Crippen LogP contribution in [0.4, 0.5) is 5.69 Å². The van der Waals surface area contributed by atoms with Crippen LogP contribution < -0.4 is 20.1 Å². The van der Waals surface area contributed by atoms with Crippen molar-refractivity contribution in [3.8, 4) is 11.5 Å². The van der Waals surface area contributed by atoms with E-state index in [2.05, 4.69) is 10.6 Å². The molecule has 1 fully saturated rings. The summed E-state index contributed by atoms with van der Waals surface area (Å²) in [6.07, 6.45) is 5.52. The maximum atomic E-state index is 12.8. The third-order valence-electron chi connectivity index (χ3n) is 5.84. The molecule has 0 radical (unpaired) electrons. The van der Waals surface area contributed by atoms with Crippen molar-refractivity contribution < 1.29 is 19.1 Å². The maximum Gasteiger partial charge on any atom is 0.255 e. The van der Waals surface area contributed by atoms with Crippen LogP contribution in [0.15, 0.2) is 78.9 Å². The molecule has 0 bridgehead atoms. The number of para-hydroxylation sites is 2. The van der Waals surface area contributed by atoms with Gasteiger partial charge in [-0.1, -0.05) is 49.6 Å². The molecule has 0 spiro atoms. The van der Waals surface area contributed by atoms with E-state index in [4.69, 9.17) is 9.47 Å². The van der Waals surface area contributed by atoms with Crippen molar-refractivity contribution in [1.29, 1.82) is 0 Å². The summed E-state index contributed by atoms with van der Waals surface area (Å²) in [6, 6.07) is 23.8. The molecule has 0 aromatic heterocycles. The van der Waals surface area contributed by atoms with E-state index in [1.807, 2.05) is 36.4 Å². The van der Waals surface area contributed by atoms with Gasteiger partial charge >= 0.3 is 0 Å². The van der Waals surface area contributed by atoms with Crippen molar-refractivity contribution >= 4 is 17.5 Å². The summed E-state index contributed by atoms with van der Waals surface area (Å²) >= 11 is 0. The number of anilines is 1. The zero-order valence-electron chi connectivity index (χ0n) is 19.2. The van der Waals surface area contributed by atoms with Crippen LogP contribution in [0.25, 0.3) is 0 Å². The van der Waals surface area contributed by atoms with E-state index in [1.54, 1.807) is 42.5 Å². The van der Waals surface area contributed by atoms with E-state index < -0.39 is 0 Å². The van der Waals surface area contributed by atoms with Crippen LogP contribution in [0, 0.1) is 0 Å². The minimum Gasteiger partial charge on any atom is -0.490 e. The third-order valence-corrected chi connectivity index (χ3v) is 5.84. The SMILES string of the molecule is O=C(Nc1ccccc1C(=O)NC1CCCCC1)c1ccc(OCCOc2ccccc2)cc1. The molecule has 3 aromatic carbocycles. The van der Waals surface area contributed by atoms with Crippen LogP contribution in [-0.2, 0) is 0 Å². The topological polar surface area (TPSA) is 76.7 Å². The Morgan fingerprint density at radius 2 is 1.32 bits per heavy atom. The Hall–Kier alpha value is -3.80. The Bertz CT molecular complexity index is 1080. The van der Waals surface area contributed by atoms with Crippen molar-refractivity contribution in [1.82, 2.24) is 5.32 Å². The highest BCUT2D eigenvalue weighted by molar-refractivity contribution is 6.09. The molecule has 4 rings (SSSR count). The number of nitrogens with one attached hydrogen (secondary N) is 2. The fourth-order valence-electron chi connectivity index (χ4n) is 4.03. The van der Waals surface area contributed by atoms with Crippen molar-refractivity contribution in [2.45, 2.75) is 38.1 Å². The van der Waals surface area contributed by atoms with Crippen LogP contribution in [0.2, 0.25) is 0 Å². The van der Waals surface area contributed by atoms with Gasteiger partial charge in [-0.25, -0.2) is 0 Å². The summed E-state index contributed by atoms with van der Waals surface area (Å²) in [7, 11) is 0. The average molecular weight is 459 g/mol. The van der Waals surface area contributed by atoms with Crippen LogP contribution in [-0.4, -0.2) is 31.1 Å². The van der Waals surface area contributed by atoms with Gasteiger partial charge in [0.05, 0.1) is 11.3 Å². The van der Waals surface area contributed by atoms with E-state index in [0.29, 0.717) is 35.8 Å². The molecule has 3 aromatic rings. The molecule has 0 saturated heterocycles. The molecule has 1 aliphatic carbocycles.